The summed E-state index contributed by atoms with van der Waals surface area (Å²) in [7, 11) is 0. The fourth-order valence-corrected chi connectivity index (χ4v) is 4.23. The van der Waals surface area contributed by atoms with Crippen molar-refractivity contribution in [1.82, 2.24) is 9.80 Å². The zero-order valence-corrected chi connectivity index (χ0v) is 16.6. The lowest BCUT2D eigenvalue weighted by Crippen LogP contribution is -2.51. The standard InChI is InChI=1S/C23H28FN3O2/c24-20-9-7-19(8-10-20)22(28)16-25-12-14-26(15-13-25)17-23(29)27-11-3-5-18-4-1-2-6-21(18)27/h1-2,4,6-10,22,28H,3,5,11-17H2/t22-/m1/s1. The topological polar surface area (TPSA) is 47.0 Å². The molecule has 2 heterocycles. The summed E-state index contributed by atoms with van der Waals surface area (Å²) in [4.78, 5) is 19.2. The number of carbonyl (C=O) groups is 1. The van der Waals surface area contributed by atoms with Gasteiger partial charge in [0.1, 0.15) is 5.82 Å². The molecule has 0 saturated carbocycles. The molecule has 4 rings (SSSR count). The molecule has 0 aromatic heterocycles. The molecule has 29 heavy (non-hydrogen) atoms. The lowest BCUT2D eigenvalue weighted by Gasteiger charge is -2.37. The van der Waals surface area contributed by atoms with E-state index in [1.54, 1.807) is 12.1 Å². The van der Waals surface area contributed by atoms with Crippen molar-refractivity contribution in [3.05, 3.63) is 65.5 Å². The summed E-state index contributed by atoms with van der Waals surface area (Å²) < 4.78 is 13.0. The largest absolute Gasteiger partial charge is 0.387 e. The molecule has 2 aliphatic rings. The van der Waals surface area contributed by atoms with Gasteiger partial charge < -0.3 is 10.0 Å². The number of rotatable bonds is 5. The van der Waals surface area contributed by atoms with Crippen LogP contribution in [0.25, 0.3) is 0 Å². The Bertz CT molecular complexity index is 834. The van der Waals surface area contributed by atoms with Gasteiger partial charge in [-0.3, -0.25) is 14.6 Å². The fraction of sp³-hybridized carbons (Fsp3) is 0.435. The van der Waals surface area contributed by atoms with Crippen molar-refractivity contribution >= 4 is 11.6 Å². The number of aryl methyl sites for hydroxylation is 1. The van der Waals surface area contributed by atoms with Crippen molar-refractivity contribution in [2.45, 2.75) is 18.9 Å². The van der Waals surface area contributed by atoms with E-state index in [0.29, 0.717) is 13.1 Å². The Labute approximate surface area is 171 Å². The Balaban J connectivity index is 1.27. The Morgan fingerprint density at radius 3 is 2.41 bits per heavy atom. The van der Waals surface area contributed by atoms with E-state index in [-0.39, 0.29) is 11.7 Å². The van der Waals surface area contributed by atoms with E-state index in [0.717, 1.165) is 56.8 Å². The third-order valence-corrected chi connectivity index (χ3v) is 5.92. The predicted molar refractivity (Wildman–Crippen MR) is 111 cm³/mol. The van der Waals surface area contributed by atoms with E-state index < -0.39 is 6.10 Å². The molecule has 6 heteroatoms. The van der Waals surface area contributed by atoms with Gasteiger partial charge in [0.25, 0.3) is 0 Å². The van der Waals surface area contributed by atoms with E-state index in [9.17, 15) is 14.3 Å². The lowest BCUT2D eigenvalue weighted by atomic mass is 10.0. The highest BCUT2D eigenvalue weighted by Gasteiger charge is 2.26. The van der Waals surface area contributed by atoms with Gasteiger partial charge in [-0.2, -0.15) is 0 Å². The second-order valence-electron chi connectivity index (χ2n) is 7.92. The molecule has 1 N–H and O–H groups in total. The molecule has 154 valence electrons. The van der Waals surface area contributed by atoms with E-state index in [1.165, 1.54) is 17.7 Å². The summed E-state index contributed by atoms with van der Waals surface area (Å²) in [6, 6.07) is 14.2. The van der Waals surface area contributed by atoms with E-state index in [1.807, 2.05) is 23.1 Å². The Kier molecular flexibility index (Phi) is 6.23. The zero-order valence-electron chi connectivity index (χ0n) is 16.6. The number of fused-ring (bicyclic) bond motifs is 1. The van der Waals surface area contributed by atoms with Crippen molar-refractivity contribution in [3.63, 3.8) is 0 Å². The molecule has 0 unspecified atom stereocenters. The highest BCUT2D eigenvalue weighted by atomic mass is 19.1. The molecule has 1 amide bonds. The van der Waals surface area contributed by atoms with Gasteiger partial charge in [0.05, 0.1) is 12.6 Å². The minimum Gasteiger partial charge on any atom is -0.387 e. The number of amides is 1. The van der Waals surface area contributed by atoms with E-state index >= 15 is 0 Å². The highest BCUT2D eigenvalue weighted by Crippen LogP contribution is 2.27. The van der Waals surface area contributed by atoms with Crippen LogP contribution in [0.15, 0.2) is 48.5 Å². The molecule has 0 radical (unpaired) electrons. The summed E-state index contributed by atoms with van der Waals surface area (Å²) in [5, 5.41) is 10.4. The number of hydrogen-bond acceptors (Lipinski definition) is 4. The van der Waals surface area contributed by atoms with Gasteiger partial charge >= 0.3 is 0 Å². The quantitative estimate of drug-likeness (QED) is 0.842. The van der Waals surface area contributed by atoms with Crippen LogP contribution in [0.1, 0.15) is 23.7 Å². The Morgan fingerprint density at radius 1 is 0.966 bits per heavy atom. The molecule has 0 bridgehead atoms. The maximum atomic E-state index is 13.0. The third kappa shape index (κ3) is 4.83. The average Bonchev–Trinajstić information content (AvgIpc) is 2.75. The number of carbonyl (C=O) groups excluding carboxylic acids is 1. The van der Waals surface area contributed by atoms with Crippen molar-refractivity contribution in [1.29, 1.82) is 0 Å². The third-order valence-electron chi connectivity index (χ3n) is 5.92. The van der Waals surface area contributed by atoms with Crippen molar-refractivity contribution in [3.8, 4) is 0 Å². The summed E-state index contributed by atoms with van der Waals surface area (Å²) in [5.74, 6) is -0.132. The van der Waals surface area contributed by atoms with Gasteiger partial charge in [0, 0.05) is 45.0 Å². The fourth-order valence-electron chi connectivity index (χ4n) is 4.23. The van der Waals surface area contributed by atoms with Gasteiger partial charge in [-0.15, -0.1) is 0 Å². The molecular weight excluding hydrogens is 369 g/mol. The van der Waals surface area contributed by atoms with Gasteiger partial charge in [-0.1, -0.05) is 30.3 Å². The highest BCUT2D eigenvalue weighted by molar-refractivity contribution is 5.95. The van der Waals surface area contributed by atoms with Gasteiger partial charge in [0.15, 0.2) is 0 Å². The van der Waals surface area contributed by atoms with Gasteiger partial charge in [0.2, 0.25) is 5.91 Å². The van der Waals surface area contributed by atoms with Crippen LogP contribution in [0.5, 0.6) is 0 Å². The number of hydrogen-bond donors (Lipinski definition) is 1. The number of halogens is 1. The Hall–Kier alpha value is -2.28. The second-order valence-corrected chi connectivity index (χ2v) is 7.92. The number of para-hydroxylation sites is 1. The second kappa shape index (κ2) is 9.03. The molecule has 2 aromatic carbocycles. The van der Waals surface area contributed by atoms with E-state index in [2.05, 4.69) is 15.9 Å². The number of β-amino-alcohol motifs (C(OH)–C–C–N with tert-alkyl or cyclic N) is 1. The smallest absolute Gasteiger partial charge is 0.241 e. The summed E-state index contributed by atoms with van der Waals surface area (Å²) >= 11 is 0. The van der Waals surface area contributed by atoms with Gasteiger partial charge in [-0.25, -0.2) is 4.39 Å². The minimum absolute atomic E-state index is 0.164. The van der Waals surface area contributed by atoms with Crippen LogP contribution in [0.2, 0.25) is 0 Å². The molecule has 2 aromatic rings. The summed E-state index contributed by atoms with van der Waals surface area (Å²) in [6.45, 7) is 4.97. The number of piperazine rings is 1. The molecule has 2 aliphatic heterocycles. The van der Waals surface area contributed by atoms with Crippen LogP contribution in [-0.4, -0.2) is 66.6 Å². The number of anilines is 1. The van der Waals surface area contributed by atoms with Crippen LogP contribution in [-0.2, 0) is 11.2 Å². The van der Waals surface area contributed by atoms with Crippen molar-refractivity contribution < 1.29 is 14.3 Å². The van der Waals surface area contributed by atoms with Crippen LogP contribution in [0, 0.1) is 5.82 Å². The SMILES string of the molecule is O=C(CN1CCN(C[C@@H](O)c2ccc(F)cc2)CC1)N1CCCc2ccccc21. The molecule has 5 nitrogen and oxygen atoms in total. The maximum absolute atomic E-state index is 13.0. The van der Waals surface area contributed by atoms with Gasteiger partial charge in [-0.05, 0) is 42.2 Å². The summed E-state index contributed by atoms with van der Waals surface area (Å²) in [5.41, 5.74) is 3.05. The normalized spacial score (nSPS) is 19.0. The van der Waals surface area contributed by atoms with Crippen LogP contribution < -0.4 is 4.90 Å². The first-order chi connectivity index (χ1) is 14.1. The molecular formula is C23H28FN3O2. The molecule has 1 saturated heterocycles. The van der Waals surface area contributed by atoms with Crippen LogP contribution in [0.4, 0.5) is 10.1 Å². The minimum atomic E-state index is -0.631. The Morgan fingerprint density at radius 2 is 1.66 bits per heavy atom. The number of nitrogens with zero attached hydrogens (tertiary/aromatic N) is 3. The number of benzene rings is 2. The van der Waals surface area contributed by atoms with Crippen LogP contribution in [0.3, 0.4) is 0 Å². The predicted octanol–water partition coefficient (Wildman–Crippen LogP) is 2.46. The van der Waals surface area contributed by atoms with E-state index in [4.69, 9.17) is 0 Å². The first kappa shape index (κ1) is 20.0. The van der Waals surface area contributed by atoms with Crippen molar-refractivity contribution in [2.75, 3.05) is 50.7 Å². The molecule has 0 aliphatic carbocycles. The zero-order chi connectivity index (χ0) is 20.2. The summed E-state index contributed by atoms with van der Waals surface area (Å²) in [6.07, 6.45) is 1.42. The lowest BCUT2D eigenvalue weighted by molar-refractivity contribution is -0.120. The number of aliphatic hydroxyl groups excluding tert-OH is 1. The average molecular weight is 397 g/mol. The van der Waals surface area contributed by atoms with Crippen molar-refractivity contribution in [2.24, 2.45) is 0 Å². The van der Waals surface area contributed by atoms with Crippen LogP contribution >= 0.6 is 0 Å². The molecule has 1 fully saturated rings. The molecule has 1 atom stereocenters. The first-order valence-corrected chi connectivity index (χ1v) is 10.4. The maximum Gasteiger partial charge on any atom is 0.241 e. The first-order valence-electron chi connectivity index (χ1n) is 10.4. The monoisotopic (exact) mass is 397 g/mol. The number of aliphatic hydroxyl groups is 1. The molecule has 0 spiro atoms.